The van der Waals surface area contributed by atoms with Crippen LogP contribution in [-0.4, -0.2) is 42.4 Å². The van der Waals surface area contributed by atoms with Crippen molar-refractivity contribution in [3.63, 3.8) is 0 Å². The maximum absolute atomic E-state index is 13.1. The predicted octanol–water partition coefficient (Wildman–Crippen LogP) is 3.52. The number of anilines is 2. The lowest BCUT2D eigenvalue weighted by Crippen LogP contribution is -2.14. The van der Waals surface area contributed by atoms with Gasteiger partial charge in [0.25, 0.3) is 0 Å². The Bertz CT molecular complexity index is 920. The van der Waals surface area contributed by atoms with Gasteiger partial charge in [-0.1, -0.05) is 11.6 Å². The van der Waals surface area contributed by atoms with E-state index in [4.69, 9.17) is 11.6 Å². The van der Waals surface area contributed by atoms with Crippen LogP contribution in [0, 0.1) is 0 Å². The second-order valence-corrected chi connectivity index (χ2v) is 7.71. The number of aromatic nitrogens is 2. The Morgan fingerprint density at radius 1 is 1.04 bits per heavy atom. The summed E-state index contributed by atoms with van der Waals surface area (Å²) in [5.74, 6) is 0. The quantitative estimate of drug-likeness (QED) is 0.771. The first-order valence-electron chi connectivity index (χ1n) is 7.42. The van der Waals surface area contributed by atoms with Gasteiger partial charge in [0.2, 0.25) is 5.16 Å². The zero-order valence-corrected chi connectivity index (χ0v) is 15.6. The fourth-order valence-corrected chi connectivity index (χ4v) is 3.88. The van der Waals surface area contributed by atoms with Crippen molar-refractivity contribution in [2.24, 2.45) is 0 Å². The molecule has 1 aromatic heterocycles. The summed E-state index contributed by atoms with van der Waals surface area (Å²) < 4.78 is 13.1. The third-order valence-electron chi connectivity index (χ3n) is 3.74. The minimum Gasteiger partial charge on any atom is -0.378 e. The summed E-state index contributed by atoms with van der Waals surface area (Å²) in [6.45, 7) is 0. The van der Waals surface area contributed by atoms with Gasteiger partial charge in [0.05, 0.1) is 21.6 Å². The fraction of sp³-hybridized carbons (Fsp3) is 0.235. The van der Waals surface area contributed by atoms with Crippen molar-refractivity contribution in [1.82, 2.24) is 9.97 Å². The number of rotatable bonds is 4. The lowest BCUT2D eigenvalue weighted by Gasteiger charge is -2.20. The molecule has 0 bridgehead atoms. The molecule has 0 fully saturated rings. The van der Waals surface area contributed by atoms with Crippen molar-refractivity contribution >= 4 is 44.8 Å². The molecule has 3 rings (SSSR count). The average molecular weight is 363 g/mol. The molecule has 0 amide bonds. The molecule has 3 aromatic rings. The van der Waals surface area contributed by atoms with Gasteiger partial charge in [-0.25, -0.2) is 9.19 Å². The van der Waals surface area contributed by atoms with E-state index in [1.165, 1.54) is 0 Å². The maximum Gasteiger partial charge on any atom is 0.202 e. The number of imidazole rings is 1. The molecule has 0 aliphatic heterocycles. The zero-order valence-electron chi connectivity index (χ0n) is 14.0. The Morgan fingerprint density at radius 3 is 2.46 bits per heavy atom. The summed E-state index contributed by atoms with van der Waals surface area (Å²) in [6, 6.07) is 11.3. The van der Waals surface area contributed by atoms with E-state index in [2.05, 4.69) is 9.97 Å². The van der Waals surface area contributed by atoms with Crippen LogP contribution < -0.4 is 9.80 Å². The number of hydrogen-bond acceptors (Lipinski definition) is 4. The maximum atomic E-state index is 13.1. The van der Waals surface area contributed by atoms with Gasteiger partial charge in [-0.15, -0.1) is 0 Å². The van der Waals surface area contributed by atoms with Gasteiger partial charge in [0.1, 0.15) is 10.8 Å². The largest absolute Gasteiger partial charge is 0.378 e. The van der Waals surface area contributed by atoms with Crippen LogP contribution in [0.1, 0.15) is 0 Å². The van der Waals surface area contributed by atoms with Gasteiger partial charge in [-0.05, 0) is 36.4 Å². The van der Waals surface area contributed by atoms with Crippen LogP contribution in [0.4, 0.5) is 11.4 Å². The van der Waals surface area contributed by atoms with Crippen LogP contribution >= 0.6 is 11.6 Å². The van der Waals surface area contributed by atoms with Gasteiger partial charge in [-0.3, -0.25) is 0 Å². The van der Waals surface area contributed by atoms with Gasteiger partial charge in [0, 0.05) is 38.9 Å². The third-order valence-corrected chi connectivity index (χ3v) is 5.25. The van der Waals surface area contributed by atoms with E-state index in [1.807, 2.05) is 62.3 Å². The molecule has 24 heavy (non-hydrogen) atoms. The normalized spacial score (nSPS) is 12.4. The molecule has 0 aliphatic carbocycles. The summed E-state index contributed by atoms with van der Waals surface area (Å²) in [6.07, 6.45) is 0. The number of aromatic amines is 1. The standard InChI is InChI=1S/C17H19ClN4OS/c1-21(2)12-6-8-15(22(3)4)16(10-12)24(23)17-19-13-7-5-11(18)9-14(13)20-17/h5-10H,1-4H3,(H,19,20). The Labute approximate surface area is 148 Å². The van der Waals surface area contributed by atoms with Gasteiger partial charge in [-0.2, -0.15) is 0 Å². The number of fused-ring (bicyclic) bond motifs is 1. The van der Waals surface area contributed by atoms with E-state index in [1.54, 1.807) is 12.1 Å². The first-order valence-corrected chi connectivity index (χ1v) is 8.95. The monoisotopic (exact) mass is 362 g/mol. The predicted molar refractivity (Wildman–Crippen MR) is 101 cm³/mol. The van der Waals surface area contributed by atoms with Gasteiger partial charge >= 0.3 is 0 Å². The van der Waals surface area contributed by atoms with Crippen LogP contribution in [0.3, 0.4) is 0 Å². The van der Waals surface area contributed by atoms with E-state index >= 15 is 0 Å². The highest BCUT2D eigenvalue weighted by Crippen LogP contribution is 2.30. The molecule has 1 heterocycles. The van der Waals surface area contributed by atoms with Gasteiger partial charge < -0.3 is 14.8 Å². The molecule has 0 radical (unpaired) electrons. The molecule has 5 nitrogen and oxygen atoms in total. The molecular formula is C17H19ClN4OS. The minimum absolute atomic E-state index is 0.422. The number of benzene rings is 2. The lowest BCUT2D eigenvalue weighted by molar-refractivity contribution is 0.678. The molecule has 2 aromatic carbocycles. The van der Waals surface area contributed by atoms with E-state index in [0.717, 1.165) is 27.3 Å². The first kappa shape index (κ1) is 16.8. The summed E-state index contributed by atoms with van der Waals surface area (Å²) in [5.41, 5.74) is 3.42. The van der Waals surface area contributed by atoms with Gasteiger partial charge in [0.15, 0.2) is 0 Å². The second-order valence-electron chi connectivity index (χ2n) is 5.91. The second kappa shape index (κ2) is 6.45. The lowest BCUT2D eigenvalue weighted by atomic mass is 10.2. The van der Waals surface area contributed by atoms with Crippen LogP contribution in [0.2, 0.25) is 5.02 Å². The average Bonchev–Trinajstić information content (AvgIpc) is 2.96. The number of H-pyrrole nitrogens is 1. The van der Waals surface area contributed by atoms with Crippen molar-refractivity contribution in [3.8, 4) is 0 Å². The minimum atomic E-state index is -1.42. The first-order chi connectivity index (χ1) is 11.4. The van der Waals surface area contributed by atoms with Crippen LogP contribution in [0.25, 0.3) is 11.0 Å². The molecule has 1 atom stereocenters. The number of halogens is 1. The fourth-order valence-electron chi connectivity index (χ4n) is 2.45. The topological polar surface area (TPSA) is 52.2 Å². The summed E-state index contributed by atoms with van der Waals surface area (Å²) in [7, 11) is 6.36. The molecular weight excluding hydrogens is 344 g/mol. The summed E-state index contributed by atoms with van der Waals surface area (Å²) >= 11 is 6.01. The van der Waals surface area contributed by atoms with Crippen molar-refractivity contribution in [1.29, 1.82) is 0 Å². The zero-order chi connectivity index (χ0) is 17.4. The van der Waals surface area contributed by atoms with Crippen molar-refractivity contribution in [3.05, 3.63) is 41.4 Å². The molecule has 0 saturated heterocycles. The van der Waals surface area contributed by atoms with E-state index in [0.29, 0.717) is 10.2 Å². The third kappa shape index (κ3) is 3.12. The molecule has 7 heteroatoms. The van der Waals surface area contributed by atoms with Crippen molar-refractivity contribution in [2.75, 3.05) is 38.0 Å². The number of nitrogens with zero attached hydrogens (tertiary/aromatic N) is 3. The smallest absolute Gasteiger partial charge is 0.202 e. The van der Waals surface area contributed by atoms with Crippen molar-refractivity contribution in [2.45, 2.75) is 10.1 Å². The highest BCUT2D eigenvalue weighted by Gasteiger charge is 2.18. The van der Waals surface area contributed by atoms with E-state index in [-0.39, 0.29) is 0 Å². The molecule has 1 unspecified atom stereocenters. The molecule has 0 saturated carbocycles. The van der Waals surface area contributed by atoms with Crippen LogP contribution in [0.5, 0.6) is 0 Å². The number of nitrogens with one attached hydrogen (secondary N) is 1. The molecule has 126 valence electrons. The number of hydrogen-bond donors (Lipinski definition) is 1. The SMILES string of the molecule is CN(C)c1ccc(N(C)C)c(S(=O)c2nc3ccc(Cl)cc3[nH]2)c1. The highest BCUT2D eigenvalue weighted by molar-refractivity contribution is 7.85. The van der Waals surface area contributed by atoms with Crippen LogP contribution in [0.15, 0.2) is 46.5 Å². The van der Waals surface area contributed by atoms with E-state index in [9.17, 15) is 4.21 Å². The van der Waals surface area contributed by atoms with Crippen molar-refractivity contribution < 1.29 is 4.21 Å². The summed E-state index contributed by atoms with van der Waals surface area (Å²) in [4.78, 5) is 12.2. The molecule has 1 N–H and O–H groups in total. The van der Waals surface area contributed by atoms with Crippen LogP contribution in [-0.2, 0) is 10.8 Å². The highest BCUT2D eigenvalue weighted by atomic mass is 35.5. The Kier molecular flexibility index (Phi) is 4.51. The Balaban J connectivity index is 2.11. The summed E-state index contributed by atoms with van der Waals surface area (Å²) in [5, 5.41) is 1.04. The molecule has 0 spiro atoms. The molecule has 0 aliphatic rings. The Morgan fingerprint density at radius 2 is 1.79 bits per heavy atom. The Hall–Kier alpha value is -2.05. The van der Waals surface area contributed by atoms with E-state index < -0.39 is 10.8 Å².